The molecular weight excluding hydrogens is 242 g/mol. The number of fused-ring (bicyclic) bond motifs is 1. The van der Waals surface area contributed by atoms with Gasteiger partial charge in [-0.15, -0.1) is 0 Å². The Labute approximate surface area is 111 Å². The largest absolute Gasteiger partial charge is 0.463 e. The van der Waals surface area contributed by atoms with E-state index in [1.165, 1.54) is 18.2 Å². The summed E-state index contributed by atoms with van der Waals surface area (Å²) >= 11 is 0. The maximum absolute atomic E-state index is 11.3. The Bertz CT molecular complexity index is 617. The predicted octanol–water partition coefficient (Wildman–Crippen LogP) is 2.41. The van der Waals surface area contributed by atoms with Crippen LogP contribution in [0.1, 0.15) is 39.4 Å². The molecule has 1 aromatic carbocycles. The molecule has 2 atom stereocenters. The quantitative estimate of drug-likeness (QED) is 0.857. The Morgan fingerprint density at radius 2 is 2.16 bits per heavy atom. The highest BCUT2D eigenvalue weighted by Crippen LogP contribution is 2.42. The maximum atomic E-state index is 11.3. The van der Waals surface area contributed by atoms with Gasteiger partial charge in [-0.1, -0.05) is 24.3 Å². The third kappa shape index (κ3) is 1.94. The monoisotopic (exact) mass is 257 g/mol. The molecule has 4 nitrogen and oxygen atoms in total. The number of ether oxygens (including phenoxy) is 1. The second-order valence-electron chi connectivity index (χ2n) is 4.73. The average molecular weight is 257 g/mol. The Hall–Kier alpha value is -2.07. The first-order valence-corrected chi connectivity index (χ1v) is 6.22. The molecule has 0 bridgehead atoms. The zero-order valence-electron chi connectivity index (χ0n) is 10.6. The van der Waals surface area contributed by atoms with Gasteiger partial charge < -0.3 is 14.9 Å². The lowest BCUT2D eigenvalue weighted by Gasteiger charge is -2.33. The number of hydrogen-bond acceptors (Lipinski definition) is 4. The van der Waals surface area contributed by atoms with E-state index in [2.05, 4.69) is 16.9 Å². The number of furan rings is 1. The van der Waals surface area contributed by atoms with Crippen molar-refractivity contribution in [1.82, 2.24) is 0 Å². The number of methoxy groups -OCH3 is 1. The van der Waals surface area contributed by atoms with E-state index in [-0.39, 0.29) is 17.7 Å². The van der Waals surface area contributed by atoms with E-state index < -0.39 is 5.97 Å². The summed E-state index contributed by atoms with van der Waals surface area (Å²) in [5.74, 6) is 0.598. The molecule has 2 unspecified atom stereocenters. The maximum Gasteiger partial charge on any atom is 0.373 e. The number of carbonyl (C=O) groups is 1. The molecule has 1 heterocycles. The molecule has 0 spiro atoms. The van der Waals surface area contributed by atoms with Gasteiger partial charge in [0.25, 0.3) is 0 Å². The normalized spacial score (nSPS) is 18.3. The molecule has 2 N–H and O–H groups in total. The first kappa shape index (κ1) is 12.0. The molecule has 4 heteroatoms. The second kappa shape index (κ2) is 4.55. The molecule has 2 aromatic rings. The van der Waals surface area contributed by atoms with Crippen molar-refractivity contribution in [2.75, 3.05) is 7.11 Å². The van der Waals surface area contributed by atoms with Crippen molar-refractivity contribution < 1.29 is 13.9 Å². The smallest absolute Gasteiger partial charge is 0.373 e. The molecule has 0 saturated carbocycles. The SMILES string of the molecule is COC(=O)c1ccc(C(N)C2Cc3ccccc32)o1. The van der Waals surface area contributed by atoms with Crippen molar-refractivity contribution in [2.45, 2.75) is 18.4 Å². The van der Waals surface area contributed by atoms with E-state index in [0.717, 1.165) is 6.42 Å². The van der Waals surface area contributed by atoms with Crippen molar-refractivity contribution in [3.63, 3.8) is 0 Å². The van der Waals surface area contributed by atoms with E-state index in [4.69, 9.17) is 10.2 Å². The van der Waals surface area contributed by atoms with Crippen molar-refractivity contribution >= 4 is 5.97 Å². The van der Waals surface area contributed by atoms with Gasteiger partial charge in [-0.2, -0.15) is 0 Å². The van der Waals surface area contributed by atoms with Crippen LogP contribution < -0.4 is 5.73 Å². The van der Waals surface area contributed by atoms with E-state index in [0.29, 0.717) is 5.76 Å². The molecule has 1 aromatic heterocycles. The van der Waals surface area contributed by atoms with Crippen LogP contribution in [0.4, 0.5) is 0 Å². The number of benzene rings is 1. The standard InChI is InChI=1S/C15H15NO3/c1-18-15(17)13-7-6-12(19-13)14(16)11-8-9-4-2-3-5-10(9)11/h2-7,11,14H,8,16H2,1H3. The summed E-state index contributed by atoms with van der Waals surface area (Å²) in [5.41, 5.74) is 8.83. The van der Waals surface area contributed by atoms with Gasteiger partial charge in [-0.05, 0) is 29.7 Å². The third-order valence-corrected chi connectivity index (χ3v) is 3.67. The zero-order chi connectivity index (χ0) is 13.4. The fourth-order valence-corrected chi connectivity index (χ4v) is 2.56. The number of nitrogens with two attached hydrogens (primary N) is 1. The lowest BCUT2D eigenvalue weighted by atomic mass is 9.73. The van der Waals surface area contributed by atoms with Gasteiger partial charge in [-0.3, -0.25) is 0 Å². The van der Waals surface area contributed by atoms with Gasteiger partial charge in [0.15, 0.2) is 0 Å². The Kier molecular flexibility index (Phi) is 2.87. The van der Waals surface area contributed by atoms with E-state index in [1.807, 2.05) is 12.1 Å². The summed E-state index contributed by atoms with van der Waals surface area (Å²) in [6.07, 6.45) is 0.950. The van der Waals surface area contributed by atoms with Crippen LogP contribution in [0, 0.1) is 0 Å². The average Bonchev–Trinajstić information content (AvgIpc) is 2.89. The van der Waals surface area contributed by atoms with Crippen LogP contribution in [0.5, 0.6) is 0 Å². The van der Waals surface area contributed by atoms with Crippen molar-refractivity contribution in [3.05, 3.63) is 59.0 Å². The van der Waals surface area contributed by atoms with Gasteiger partial charge in [0.1, 0.15) is 5.76 Å². The van der Waals surface area contributed by atoms with Crippen LogP contribution in [-0.4, -0.2) is 13.1 Å². The number of esters is 1. The summed E-state index contributed by atoms with van der Waals surface area (Å²) in [4.78, 5) is 11.3. The van der Waals surface area contributed by atoms with Crippen LogP contribution in [0.25, 0.3) is 0 Å². The number of rotatable bonds is 3. The third-order valence-electron chi connectivity index (χ3n) is 3.67. The van der Waals surface area contributed by atoms with Gasteiger partial charge in [0, 0.05) is 5.92 Å². The Morgan fingerprint density at radius 1 is 1.37 bits per heavy atom. The van der Waals surface area contributed by atoms with Crippen molar-refractivity contribution in [3.8, 4) is 0 Å². The molecule has 1 aliphatic carbocycles. The number of carbonyl (C=O) groups excluding carboxylic acids is 1. The molecule has 19 heavy (non-hydrogen) atoms. The topological polar surface area (TPSA) is 65.5 Å². The van der Waals surface area contributed by atoms with Crippen LogP contribution in [-0.2, 0) is 11.2 Å². The first-order valence-electron chi connectivity index (χ1n) is 6.22. The van der Waals surface area contributed by atoms with Gasteiger partial charge in [0.2, 0.25) is 5.76 Å². The second-order valence-corrected chi connectivity index (χ2v) is 4.73. The van der Waals surface area contributed by atoms with Crippen LogP contribution in [0.3, 0.4) is 0 Å². The fraction of sp³-hybridized carbons (Fsp3) is 0.267. The van der Waals surface area contributed by atoms with Crippen LogP contribution in [0.15, 0.2) is 40.8 Å². The molecule has 98 valence electrons. The lowest BCUT2D eigenvalue weighted by molar-refractivity contribution is 0.0562. The summed E-state index contributed by atoms with van der Waals surface area (Å²) < 4.78 is 10.1. The highest BCUT2D eigenvalue weighted by Gasteiger charge is 2.33. The van der Waals surface area contributed by atoms with Gasteiger partial charge >= 0.3 is 5.97 Å². The molecule has 3 rings (SSSR count). The fourth-order valence-electron chi connectivity index (χ4n) is 2.56. The number of hydrogen-bond donors (Lipinski definition) is 1. The Balaban J connectivity index is 1.81. The molecule has 0 radical (unpaired) electrons. The molecule has 0 amide bonds. The lowest BCUT2D eigenvalue weighted by Crippen LogP contribution is -2.28. The minimum Gasteiger partial charge on any atom is -0.463 e. The van der Waals surface area contributed by atoms with E-state index in [9.17, 15) is 4.79 Å². The van der Waals surface area contributed by atoms with Crippen LogP contribution in [0.2, 0.25) is 0 Å². The van der Waals surface area contributed by atoms with Crippen molar-refractivity contribution in [1.29, 1.82) is 0 Å². The summed E-state index contributed by atoms with van der Waals surface area (Å²) in [6, 6.07) is 11.4. The van der Waals surface area contributed by atoms with Crippen molar-refractivity contribution in [2.24, 2.45) is 5.73 Å². The molecular formula is C15H15NO3. The zero-order valence-corrected chi connectivity index (χ0v) is 10.6. The molecule has 0 aliphatic heterocycles. The van der Waals surface area contributed by atoms with Crippen LogP contribution >= 0.6 is 0 Å². The predicted molar refractivity (Wildman–Crippen MR) is 69.9 cm³/mol. The minimum absolute atomic E-state index is 0.195. The molecule has 0 fully saturated rings. The van der Waals surface area contributed by atoms with E-state index >= 15 is 0 Å². The highest BCUT2D eigenvalue weighted by atomic mass is 16.5. The summed E-state index contributed by atoms with van der Waals surface area (Å²) in [6.45, 7) is 0. The highest BCUT2D eigenvalue weighted by molar-refractivity contribution is 5.86. The minimum atomic E-state index is -0.479. The Morgan fingerprint density at radius 3 is 2.89 bits per heavy atom. The van der Waals surface area contributed by atoms with E-state index in [1.54, 1.807) is 12.1 Å². The van der Waals surface area contributed by atoms with Gasteiger partial charge in [0.05, 0.1) is 13.2 Å². The molecule has 1 aliphatic rings. The molecule has 0 saturated heterocycles. The summed E-state index contributed by atoms with van der Waals surface area (Å²) in [5, 5.41) is 0. The summed E-state index contributed by atoms with van der Waals surface area (Å²) in [7, 11) is 1.33. The first-order chi connectivity index (χ1) is 9.20. The van der Waals surface area contributed by atoms with Gasteiger partial charge in [-0.25, -0.2) is 4.79 Å².